The Balaban J connectivity index is 1.24. The number of fused-ring (bicyclic) bond motifs is 1. The number of rotatable bonds is 31. The molecule has 1 N–H and O–H groups in total. The molecular formula is C52H61N3O10S. The highest BCUT2D eigenvalue weighted by Crippen LogP contribution is 2.31. The molecule has 1 heterocycles. The number of esters is 3. The molecule has 350 valence electrons. The summed E-state index contributed by atoms with van der Waals surface area (Å²) < 4.78 is 34.8. The first kappa shape index (κ1) is 50.5. The fourth-order valence-corrected chi connectivity index (χ4v) is 7.47. The normalized spacial score (nSPS) is 11.5. The molecule has 1 atom stereocenters. The molecule has 14 heteroatoms. The molecule has 0 radical (unpaired) electrons. The number of nitrogens with zero attached hydrogens (tertiary/aromatic N) is 3. The van der Waals surface area contributed by atoms with Gasteiger partial charge in [0.05, 0.1) is 48.4 Å². The monoisotopic (exact) mass is 919 g/mol. The van der Waals surface area contributed by atoms with E-state index in [0.29, 0.717) is 66.9 Å². The predicted octanol–water partition coefficient (Wildman–Crippen LogP) is 11.3. The summed E-state index contributed by atoms with van der Waals surface area (Å²) in [5, 5.41) is 18.7. The number of anilines is 1. The Labute approximate surface area is 391 Å². The number of hydrazone groups is 1. The van der Waals surface area contributed by atoms with Crippen LogP contribution in [0.5, 0.6) is 23.0 Å². The van der Waals surface area contributed by atoms with Crippen LogP contribution in [-0.4, -0.2) is 67.2 Å². The number of aliphatic hydroxyl groups is 1. The molecule has 4 aromatic carbocycles. The lowest BCUT2D eigenvalue weighted by molar-refractivity contribution is -0.138. The number of benzene rings is 4. The van der Waals surface area contributed by atoms with Gasteiger partial charge in [-0.1, -0.05) is 62.8 Å². The number of ether oxygens (including phenoxy) is 6. The molecule has 0 saturated carbocycles. The molecule has 13 nitrogen and oxygen atoms in total. The summed E-state index contributed by atoms with van der Waals surface area (Å²) in [6.07, 6.45) is 13.7. The van der Waals surface area contributed by atoms with Crippen molar-refractivity contribution in [3.05, 3.63) is 133 Å². The van der Waals surface area contributed by atoms with E-state index in [0.717, 1.165) is 105 Å². The first-order chi connectivity index (χ1) is 32.3. The van der Waals surface area contributed by atoms with E-state index in [1.165, 1.54) is 0 Å². The summed E-state index contributed by atoms with van der Waals surface area (Å²) in [5.41, 5.74) is 2.19. The number of carbonyl (C=O) groups excluding carboxylic acids is 3. The quantitative estimate of drug-likeness (QED) is 0.00855. The van der Waals surface area contributed by atoms with Crippen molar-refractivity contribution >= 4 is 50.8 Å². The fourth-order valence-electron chi connectivity index (χ4n) is 6.52. The standard InChI is InChI=1S/C52H61N3O10S/c1-4-7-8-15-32-55(52-54-45-20-13-14-21-47(45)66-52)53-38-41-37-44(64-50(58)39-22-26-42(27-23-39)60-33-16-9-11-18-35-62-48(56)5-2)30-31-46(41)65-51(59)40-24-28-43(29-25-40)61-34-17-10-12-19-36-63-49(57)6-3/h5-6,13-14,20-31,37-38,50,58H,2-4,7-12,15-19,32-36H2,1H3/b53-38+. The van der Waals surface area contributed by atoms with Gasteiger partial charge in [-0.15, -0.1) is 0 Å². The van der Waals surface area contributed by atoms with E-state index in [9.17, 15) is 19.5 Å². The Hall–Kier alpha value is -6.51. The molecule has 0 aliphatic carbocycles. The Morgan fingerprint density at radius 1 is 0.712 bits per heavy atom. The molecule has 0 amide bonds. The maximum absolute atomic E-state index is 13.6. The smallest absolute Gasteiger partial charge is 0.343 e. The van der Waals surface area contributed by atoms with E-state index in [2.05, 4.69) is 20.1 Å². The summed E-state index contributed by atoms with van der Waals surface area (Å²) in [6.45, 7) is 11.4. The molecule has 66 heavy (non-hydrogen) atoms. The van der Waals surface area contributed by atoms with Crippen LogP contribution < -0.4 is 24.0 Å². The molecule has 0 aliphatic rings. The van der Waals surface area contributed by atoms with Gasteiger partial charge in [-0.05, 0) is 137 Å². The van der Waals surface area contributed by atoms with Gasteiger partial charge in [0.15, 0.2) is 0 Å². The lowest BCUT2D eigenvalue weighted by Gasteiger charge is -2.17. The van der Waals surface area contributed by atoms with Crippen molar-refractivity contribution in [2.75, 3.05) is 38.0 Å². The van der Waals surface area contributed by atoms with Crippen LogP contribution in [0, 0.1) is 0 Å². The van der Waals surface area contributed by atoms with E-state index in [-0.39, 0.29) is 5.75 Å². The fraction of sp³-hybridized carbons (Fsp3) is 0.365. The van der Waals surface area contributed by atoms with Crippen molar-refractivity contribution < 1.29 is 47.9 Å². The average molecular weight is 920 g/mol. The molecular weight excluding hydrogens is 859 g/mol. The van der Waals surface area contributed by atoms with E-state index in [1.54, 1.807) is 84.3 Å². The number of hydrogen-bond acceptors (Lipinski definition) is 14. The third-order valence-corrected chi connectivity index (χ3v) is 11.2. The van der Waals surface area contributed by atoms with E-state index < -0.39 is 24.2 Å². The lowest BCUT2D eigenvalue weighted by Crippen LogP contribution is -2.18. The van der Waals surface area contributed by atoms with Crippen LogP contribution in [-0.2, 0) is 19.1 Å². The second-order valence-corrected chi connectivity index (χ2v) is 16.3. The van der Waals surface area contributed by atoms with Gasteiger partial charge >= 0.3 is 17.9 Å². The van der Waals surface area contributed by atoms with Gasteiger partial charge in [-0.3, -0.25) is 0 Å². The molecule has 0 fully saturated rings. The highest BCUT2D eigenvalue weighted by molar-refractivity contribution is 7.22. The molecule has 0 bridgehead atoms. The molecule has 5 aromatic rings. The maximum Gasteiger partial charge on any atom is 0.343 e. The first-order valence-corrected chi connectivity index (χ1v) is 23.5. The van der Waals surface area contributed by atoms with Gasteiger partial charge in [0.1, 0.15) is 23.0 Å². The van der Waals surface area contributed by atoms with E-state index in [4.69, 9.17) is 38.5 Å². The molecule has 1 unspecified atom stereocenters. The van der Waals surface area contributed by atoms with Crippen LogP contribution in [0.15, 0.2) is 121 Å². The van der Waals surface area contributed by atoms with Gasteiger partial charge in [0, 0.05) is 29.8 Å². The molecule has 0 spiro atoms. The number of thiazole rings is 1. The Morgan fingerprint density at radius 3 is 1.89 bits per heavy atom. The largest absolute Gasteiger partial charge is 0.494 e. The average Bonchev–Trinajstić information content (AvgIpc) is 3.78. The number of aromatic nitrogens is 1. The zero-order chi connectivity index (χ0) is 46.8. The first-order valence-electron chi connectivity index (χ1n) is 22.7. The second-order valence-electron chi connectivity index (χ2n) is 15.3. The van der Waals surface area contributed by atoms with Gasteiger partial charge in [-0.25, -0.2) is 24.4 Å². The Kier molecular flexibility index (Phi) is 21.7. The van der Waals surface area contributed by atoms with Crippen LogP contribution >= 0.6 is 11.3 Å². The number of unbranched alkanes of at least 4 members (excludes halogenated alkanes) is 9. The third-order valence-electron chi connectivity index (χ3n) is 10.2. The van der Waals surface area contributed by atoms with Gasteiger partial charge < -0.3 is 33.5 Å². The van der Waals surface area contributed by atoms with Crippen LogP contribution in [0.25, 0.3) is 10.2 Å². The zero-order valence-electron chi connectivity index (χ0n) is 37.8. The predicted molar refractivity (Wildman–Crippen MR) is 259 cm³/mol. The third kappa shape index (κ3) is 17.5. The van der Waals surface area contributed by atoms with Gasteiger partial charge in [0.25, 0.3) is 0 Å². The van der Waals surface area contributed by atoms with Crippen molar-refractivity contribution in [2.45, 2.75) is 90.3 Å². The summed E-state index contributed by atoms with van der Waals surface area (Å²) in [6, 6.07) is 26.7. The summed E-state index contributed by atoms with van der Waals surface area (Å²) >= 11 is 1.55. The molecule has 0 aliphatic heterocycles. The van der Waals surface area contributed by atoms with E-state index >= 15 is 0 Å². The van der Waals surface area contributed by atoms with Crippen molar-refractivity contribution in [1.82, 2.24) is 4.98 Å². The molecule has 1 aromatic heterocycles. The van der Waals surface area contributed by atoms with E-state index in [1.807, 2.05) is 29.3 Å². The van der Waals surface area contributed by atoms with Crippen molar-refractivity contribution in [2.24, 2.45) is 5.10 Å². The summed E-state index contributed by atoms with van der Waals surface area (Å²) in [4.78, 5) is 40.8. The molecule has 5 rings (SSSR count). The van der Waals surface area contributed by atoms with Crippen LogP contribution in [0.4, 0.5) is 5.13 Å². The zero-order valence-corrected chi connectivity index (χ0v) is 38.6. The lowest BCUT2D eigenvalue weighted by atomic mass is 10.2. The second kappa shape index (κ2) is 28.4. The number of aliphatic hydroxyl groups excluding tert-OH is 1. The van der Waals surface area contributed by atoms with Gasteiger partial charge in [-0.2, -0.15) is 5.10 Å². The number of carbonyl (C=O) groups is 3. The Bertz CT molecular complexity index is 2280. The van der Waals surface area contributed by atoms with Gasteiger partial charge in [0.2, 0.25) is 11.4 Å². The van der Waals surface area contributed by atoms with Crippen LogP contribution in [0.3, 0.4) is 0 Å². The van der Waals surface area contributed by atoms with Crippen LogP contribution in [0.2, 0.25) is 0 Å². The summed E-state index contributed by atoms with van der Waals surface area (Å²) in [5.74, 6) is 0.481. The maximum atomic E-state index is 13.6. The highest BCUT2D eigenvalue weighted by Gasteiger charge is 2.17. The van der Waals surface area contributed by atoms with Crippen molar-refractivity contribution in [1.29, 1.82) is 0 Å². The van der Waals surface area contributed by atoms with Crippen LogP contribution in [0.1, 0.15) is 112 Å². The number of hydrogen-bond donors (Lipinski definition) is 1. The number of para-hydroxylation sites is 1. The molecule has 0 saturated heterocycles. The topological polar surface area (TPSA) is 155 Å². The minimum atomic E-state index is -1.31. The minimum absolute atomic E-state index is 0.248. The Morgan fingerprint density at radius 2 is 1.29 bits per heavy atom. The highest BCUT2D eigenvalue weighted by atomic mass is 32.1. The van der Waals surface area contributed by atoms with Crippen molar-refractivity contribution in [3.63, 3.8) is 0 Å². The summed E-state index contributed by atoms with van der Waals surface area (Å²) in [7, 11) is 0. The minimum Gasteiger partial charge on any atom is -0.494 e. The van der Waals surface area contributed by atoms with Crippen molar-refractivity contribution in [3.8, 4) is 23.0 Å². The SMILES string of the molecule is C=CC(=O)OCCCCCCOc1ccc(C(=O)Oc2ccc(OC(O)c3ccc(OCCCCCCOC(=O)C=C)cc3)cc2/C=N/N(CCCCCC)c2nc3ccccc3s2)cc1.